The Hall–Kier alpha value is -1.46. The Morgan fingerprint density at radius 1 is 1.22 bits per heavy atom. The summed E-state index contributed by atoms with van der Waals surface area (Å²) in [6.07, 6.45) is 3.35. The molecule has 0 saturated carbocycles. The fraction of sp³-hybridized carbons (Fsp3) is 0.231. The third-order valence-electron chi connectivity index (χ3n) is 2.62. The smallest absolute Gasteiger partial charge is 0.192 e. The summed E-state index contributed by atoms with van der Waals surface area (Å²) < 4.78 is 13.9. The maximum absolute atomic E-state index is 13.9. The molecule has 94 valence electrons. The van der Waals surface area contributed by atoms with Crippen molar-refractivity contribution >= 4 is 11.8 Å². The second-order valence-corrected chi connectivity index (χ2v) is 4.80. The number of aromatic nitrogens is 2. The second kappa shape index (κ2) is 5.93. The lowest BCUT2D eigenvalue weighted by atomic mass is 10.1. The summed E-state index contributed by atoms with van der Waals surface area (Å²) in [5, 5.41) is 3.67. The first-order chi connectivity index (χ1) is 8.72. The largest absolute Gasteiger partial charge is 0.313 e. The summed E-state index contributed by atoms with van der Waals surface area (Å²) in [6.45, 7) is 1.92. The van der Waals surface area contributed by atoms with Crippen LogP contribution in [0.2, 0.25) is 0 Å². The molecule has 2 aromatic rings. The molecule has 0 amide bonds. The average molecular weight is 263 g/mol. The van der Waals surface area contributed by atoms with Crippen molar-refractivity contribution in [3.63, 3.8) is 0 Å². The molecule has 0 aliphatic carbocycles. The van der Waals surface area contributed by atoms with Gasteiger partial charge in [-0.25, -0.2) is 14.4 Å². The highest BCUT2D eigenvalue weighted by atomic mass is 32.2. The molecule has 2 rings (SSSR count). The zero-order valence-corrected chi connectivity index (χ0v) is 11.0. The van der Waals surface area contributed by atoms with Crippen LogP contribution in [0.4, 0.5) is 4.39 Å². The first-order valence-corrected chi connectivity index (χ1v) is 6.44. The van der Waals surface area contributed by atoms with E-state index in [1.54, 1.807) is 24.5 Å². The van der Waals surface area contributed by atoms with E-state index in [1.165, 1.54) is 17.8 Å². The Kier molecular flexibility index (Phi) is 4.28. The van der Waals surface area contributed by atoms with E-state index in [4.69, 9.17) is 0 Å². The molecule has 1 aromatic carbocycles. The quantitative estimate of drug-likeness (QED) is 0.860. The van der Waals surface area contributed by atoms with Crippen molar-refractivity contribution in [2.45, 2.75) is 23.0 Å². The lowest BCUT2D eigenvalue weighted by Gasteiger charge is -2.15. The van der Waals surface area contributed by atoms with E-state index < -0.39 is 0 Å². The van der Waals surface area contributed by atoms with Gasteiger partial charge in [-0.15, -0.1) is 0 Å². The third kappa shape index (κ3) is 2.86. The SMILES string of the molecule is CNC(C)c1c(F)cccc1Sc1ncccn1. The topological polar surface area (TPSA) is 37.8 Å². The highest BCUT2D eigenvalue weighted by Crippen LogP contribution is 2.32. The van der Waals surface area contributed by atoms with Gasteiger partial charge in [0.25, 0.3) is 0 Å². The Morgan fingerprint density at radius 3 is 2.61 bits per heavy atom. The minimum Gasteiger partial charge on any atom is -0.313 e. The van der Waals surface area contributed by atoms with Crippen LogP contribution >= 0.6 is 11.8 Å². The second-order valence-electron chi connectivity index (χ2n) is 3.80. The van der Waals surface area contributed by atoms with Crippen LogP contribution in [0.3, 0.4) is 0 Å². The lowest BCUT2D eigenvalue weighted by Crippen LogP contribution is -2.15. The molecule has 0 bridgehead atoms. The number of hydrogen-bond donors (Lipinski definition) is 1. The predicted octanol–water partition coefficient (Wildman–Crippen LogP) is 3.05. The van der Waals surface area contributed by atoms with Gasteiger partial charge in [-0.1, -0.05) is 6.07 Å². The molecule has 18 heavy (non-hydrogen) atoms. The molecule has 1 atom stereocenters. The van der Waals surface area contributed by atoms with Crippen LogP contribution in [0, 0.1) is 5.82 Å². The molecule has 1 unspecified atom stereocenters. The lowest BCUT2D eigenvalue weighted by molar-refractivity contribution is 0.552. The summed E-state index contributed by atoms with van der Waals surface area (Å²) >= 11 is 1.37. The Morgan fingerprint density at radius 2 is 1.94 bits per heavy atom. The number of nitrogens with zero attached hydrogens (tertiary/aromatic N) is 2. The van der Waals surface area contributed by atoms with Gasteiger partial charge in [0.2, 0.25) is 0 Å². The predicted molar refractivity (Wildman–Crippen MR) is 70.0 cm³/mol. The van der Waals surface area contributed by atoms with Crippen molar-refractivity contribution in [1.29, 1.82) is 0 Å². The molecule has 0 aliphatic heterocycles. The van der Waals surface area contributed by atoms with Gasteiger partial charge in [0.1, 0.15) is 5.82 Å². The maximum Gasteiger partial charge on any atom is 0.192 e. The average Bonchev–Trinajstić information content (AvgIpc) is 2.39. The first kappa shape index (κ1) is 13.0. The molecule has 0 spiro atoms. The molecule has 1 N–H and O–H groups in total. The Labute approximate surface area is 110 Å². The molecule has 3 nitrogen and oxygen atoms in total. The standard InChI is InChI=1S/C13H14FN3S/c1-9(15-2)12-10(14)5-3-6-11(12)18-13-16-7-4-8-17-13/h3-9,15H,1-2H3. The molecule has 0 fully saturated rings. The number of rotatable bonds is 4. The molecule has 0 saturated heterocycles. The van der Waals surface area contributed by atoms with Gasteiger partial charge in [-0.2, -0.15) is 0 Å². The zero-order chi connectivity index (χ0) is 13.0. The number of hydrogen-bond acceptors (Lipinski definition) is 4. The normalized spacial score (nSPS) is 12.4. The minimum absolute atomic E-state index is 0.0580. The molecule has 1 heterocycles. The van der Waals surface area contributed by atoms with Crippen molar-refractivity contribution in [2.75, 3.05) is 7.05 Å². The van der Waals surface area contributed by atoms with E-state index in [0.717, 1.165) is 4.90 Å². The molecular formula is C13H14FN3S. The van der Waals surface area contributed by atoms with Crippen molar-refractivity contribution < 1.29 is 4.39 Å². The summed E-state index contributed by atoms with van der Waals surface area (Å²) in [4.78, 5) is 9.11. The summed E-state index contributed by atoms with van der Waals surface area (Å²) in [7, 11) is 1.81. The maximum atomic E-state index is 13.9. The van der Waals surface area contributed by atoms with Crippen molar-refractivity contribution in [1.82, 2.24) is 15.3 Å². The molecule has 0 radical (unpaired) electrons. The number of halogens is 1. The van der Waals surface area contributed by atoms with E-state index in [0.29, 0.717) is 10.7 Å². The van der Waals surface area contributed by atoms with Crippen molar-refractivity contribution in [3.8, 4) is 0 Å². The van der Waals surface area contributed by atoms with Gasteiger partial charge in [0.05, 0.1) is 0 Å². The van der Waals surface area contributed by atoms with E-state index >= 15 is 0 Å². The van der Waals surface area contributed by atoms with Gasteiger partial charge < -0.3 is 5.32 Å². The Bertz CT molecular complexity index is 519. The highest BCUT2D eigenvalue weighted by molar-refractivity contribution is 7.99. The highest BCUT2D eigenvalue weighted by Gasteiger charge is 2.15. The van der Waals surface area contributed by atoms with E-state index in [9.17, 15) is 4.39 Å². The van der Waals surface area contributed by atoms with Crippen molar-refractivity contribution in [3.05, 3.63) is 48.0 Å². The fourth-order valence-corrected chi connectivity index (χ4v) is 2.56. The summed E-state index contributed by atoms with van der Waals surface area (Å²) in [5.74, 6) is -0.210. The number of benzene rings is 1. The monoisotopic (exact) mass is 263 g/mol. The third-order valence-corrected chi connectivity index (χ3v) is 3.59. The van der Waals surface area contributed by atoms with E-state index in [1.807, 2.05) is 20.0 Å². The summed E-state index contributed by atoms with van der Waals surface area (Å²) in [5.41, 5.74) is 0.650. The first-order valence-electron chi connectivity index (χ1n) is 5.63. The van der Waals surface area contributed by atoms with Crippen molar-refractivity contribution in [2.24, 2.45) is 0 Å². The van der Waals surface area contributed by atoms with Gasteiger partial charge in [-0.05, 0) is 43.9 Å². The number of nitrogens with one attached hydrogen (secondary N) is 1. The van der Waals surface area contributed by atoms with Crippen LogP contribution in [-0.2, 0) is 0 Å². The van der Waals surface area contributed by atoms with Crippen LogP contribution in [0.1, 0.15) is 18.5 Å². The van der Waals surface area contributed by atoms with Crippen LogP contribution < -0.4 is 5.32 Å². The van der Waals surface area contributed by atoms with Crippen LogP contribution in [0.25, 0.3) is 0 Å². The van der Waals surface area contributed by atoms with E-state index in [-0.39, 0.29) is 11.9 Å². The van der Waals surface area contributed by atoms with Gasteiger partial charge in [0.15, 0.2) is 5.16 Å². The van der Waals surface area contributed by atoms with Gasteiger partial charge in [0, 0.05) is 28.9 Å². The van der Waals surface area contributed by atoms with Gasteiger partial charge >= 0.3 is 0 Å². The minimum atomic E-state index is -0.210. The van der Waals surface area contributed by atoms with E-state index in [2.05, 4.69) is 15.3 Å². The van der Waals surface area contributed by atoms with Gasteiger partial charge in [-0.3, -0.25) is 0 Å². The molecular weight excluding hydrogens is 249 g/mol. The van der Waals surface area contributed by atoms with Crippen LogP contribution in [0.15, 0.2) is 46.7 Å². The summed E-state index contributed by atoms with van der Waals surface area (Å²) in [6, 6.07) is 6.75. The molecule has 0 aliphatic rings. The van der Waals surface area contributed by atoms with Crippen LogP contribution in [0.5, 0.6) is 0 Å². The molecule has 1 aromatic heterocycles. The Balaban J connectivity index is 2.36. The fourth-order valence-electron chi connectivity index (χ4n) is 1.61. The zero-order valence-electron chi connectivity index (χ0n) is 10.2. The molecule has 5 heteroatoms. The van der Waals surface area contributed by atoms with Crippen LogP contribution in [-0.4, -0.2) is 17.0 Å².